The van der Waals surface area contributed by atoms with Gasteiger partial charge in [-0.2, -0.15) is 11.8 Å². The summed E-state index contributed by atoms with van der Waals surface area (Å²) in [4.78, 5) is 12.2. The molecule has 2 unspecified atom stereocenters. The first-order chi connectivity index (χ1) is 12.6. The van der Waals surface area contributed by atoms with Crippen LogP contribution >= 0.6 is 11.8 Å². The second-order valence-corrected chi connectivity index (χ2v) is 7.88. The van der Waals surface area contributed by atoms with Crippen LogP contribution in [0.2, 0.25) is 0 Å². The van der Waals surface area contributed by atoms with Gasteiger partial charge in [0.2, 0.25) is 0 Å². The normalized spacial score (nSPS) is 19.5. The van der Waals surface area contributed by atoms with Crippen molar-refractivity contribution in [2.24, 2.45) is 0 Å². The topological polar surface area (TPSA) is 38.3 Å². The van der Waals surface area contributed by atoms with Gasteiger partial charge in [0.25, 0.3) is 0 Å². The maximum Gasteiger partial charge on any atom is 0.162 e. The van der Waals surface area contributed by atoms with E-state index >= 15 is 0 Å². The summed E-state index contributed by atoms with van der Waals surface area (Å²) in [7, 11) is 1.68. The number of Topliss-reactive ketones (excluding diaryl/α,β-unsaturated/α-hetero) is 1. The van der Waals surface area contributed by atoms with Gasteiger partial charge in [0, 0.05) is 35.6 Å². The third-order valence-electron chi connectivity index (χ3n) is 4.71. The number of hydrogen-bond acceptors (Lipinski definition) is 4. The minimum Gasteiger partial charge on any atom is -0.497 e. The van der Waals surface area contributed by atoms with Gasteiger partial charge in [-0.1, -0.05) is 12.1 Å². The van der Waals surface area contributed by atoms with Gasteiger partial charge in [-0.25, -0.2) is 4.39 Å². The van der Waals surface area contributed by atoms with E-state index in [0.29, 0.717) is 23.3 Å². The highest BCUT2D eigenvalue weighted by Crippen LogP contribution is 2.27. The average Bonchev–Trinajstić information content (AvgIpc) is 3.13. The number of methoxy groups -OCH3 is 1. The van der Waals surface area contributed by atoms with E-state index in [4.69, 9.17) is 4.74 Å². The van der Waals surface area contributed by atoms with Gasteiger partial charge in [0.15, 0.2) is 5.78 Å². The van der Waals surface area contributed by atoms with E-state index in [1.54, 1.807) is 19.2 Å². The molecule has 2 aromatic carbocycles. The lowest BCUT2D eigenvalue weighted by atomic mass is 10.0. The monoisotopic (exact) mass is 373 g/mol. The van der Waals surface area contributed by atoms with Crippen molar-refractivity contribution in [3.8, 4) is 5.75 Å². The largest absolute Gasteiger partial charge is 0.497 e. The van der Waals surface area contributed by atoms with E-state index in [1.807, 2.05) is 23.9 Å². The number of benzene rings is 2. The Hall–Kier alpha value is -1.85. The summed E-state index contributed by atoms with van der Waals surface area (Å²) in [5, 5.41) is 4.10. The molecule has 1 heterocycles. The van der Waals surface area contributed by atoms with Crippen molar-refractivity contribution < 1.29 is 13.9 Å². The Kier molecular flexibility index (Phi) is 6.69. The third-order valence-corrected chi connectivity index (χ3v) is 6.04. The highest BCUT2D eigenvalue weighted by molar-refractivity contribution is 7.99. The van der Waals surface area contributed by atoms with Gasteiger partial charge >= 0.3 is 0 Å². The first-order valence-electron chi connectivity index (χ1n) is 8.90. The first kappa shape index (κ1) is 18.9. The molecule has 2 atom stereocenters. The number of carbonyl (C=O) groups excluding carboxylic acids is 1. The summed E-state index contributed by atoms with van der Waals surface area (Å²) < 4.78 is 18.1. The molecule has 0 aromatic heterocycles. The summed E-state index contributed by atoms with van der Waals surface area (Å²) in [5.41, 5.74) is 1.89. The molecule has 0 radical (unpaired) electrons. The maximum atomic E-state index is 12.9. The molecule has 0 bridgehead atoms. The van der Waals surface area contributed by atoms with Gasteiger partial charge in [0.1, 0.15) is 11.6 Å². The summed E-state index contributed by atoms with van der Waals surface area (Å²) >= 11 is 1.96. The van der Waals surface area contributed by atoms with E-state index in [0.717, 1.165) is 30.9 Å². The van der Waals surface area contributed by atoms with Gasteiger partial charge < -0.3 is 10.1 Å². The molecule has 26 heavy (non-hydrogen) atoms. The molecule has 1 aliphatic rings. The van der Waals surface area contributed by atoms with Gasteiger partial charge in [0.05, 0.1) is 7.11 Å². The van der Waals surface area contributed by atoms with E-state index in [-0.39, 0.29) is 11.6 Å². The Labute approximate surface area is 158 Å². The van der Waals surface area contributed by atoms with E-state index in [9.17, 15) is 9.18 Å². The molecule has 1 aliphatic heterocycles. The third kappa shape index (κ3) is 5.32. The van der Waals surface area contributed by atoms with Crippen molar-refractivity contribution >= 4 is 17.5 Å². The molecule has 1 fully saturated rings. The fourth-order valence-electron chi connectivity index (χ4n) is 3.15. The van der Waals surface area contributed by atoms with E-state index in [2.05, 4.69) is 17.4 Å². The zero-order valence-electron chi connectivity index (χ0n) is 14.9. The van der Waals surface area contributed by atoms with Crippen molar-refractivity contribution in [1.82, 2.24) is 5.32 Å². The molecule has 3 nitrogen and oxygen atoms in total. The molecule has 3 rings (SSSR count). The predicted octanol–water partition coefficient (Wildman–Crippen LogP) is 4.46. The SMILES string of the molecule is COc1ccc(CSC2CNC(CCC(=O)c3ccc(F)cc3)C2)cc1. The van der Waals surface area contributed by atoms with E-state index < -0.39 is 0 Å². The Balaban J connectivity index is 1.39. The van der Waals surface area contributed by atoms with Crippen molar-refractivity contribution in [2.45, 2.75) is 36.3 Å². The minimum absolute atomic E-state index is 0.0844. The number of ether oxygens (including phenoxy) is 1. The van der Waals surface area contributed by atoms with Crippen molar-refractivity contribution in [3.05, 3.63) is 65.5 Å². The molecule has 5 heteroatoms. The van der Waals surface area contributed by atoms with Crippen LogP contribution in [-0.4, -0.2) is 30.7 Å². The summed E-state index contributed by atoms with van der Waals surface area (Å²) in [6.45, 7) is 0.982. The Morgan fingerprint density at radius 2 is 1.92 bits per heavy atom. The fraction of sp³-hybridized carbons (Fsp3) is 0.381. The molecule has 0 aliphatic carbocycles. The summed E-state index contributed by atoms with van der Waals surface area (Å²) in [6, 6.07) is 14.4. The average molecular weight is 373 g/mol. The molecule has 0 amide bonds. The number of halogens is 1. The summed E-state index contributed by atoms with van der Waals surface area (Å²) in [5.74, 6) is 1.64. The second-order valence-electron chi connectivity index (χ2n) is 6.59. The van der Waals surface area contributed by atoms with E-state index in [1.165, 1.54) is 17.7 Å². The molecule has 0 spiro atoms. The molecule has 1 N–H and O–H groups in total. The van der Waals surface area contributed by atoms with Crippen molar-refractivity contribution in [2.75, 3.05) is 13.7 Å². The molecule has 2 aromatic rings. The van der Waals surface area contributed by atoms with Crippen LogP contribution in [-0.2, 0) is 5.75 Å². The standard InChI is InChI=1S/C21H24FNO2S/c1-25-19-9-2-15(3-10-19)14-26-20-12-18(23-13-20)8-11-21(24)16-4-6-17(22)7-5-16/h2-7,9-10,18,20,23H,8,11-14H2,1H3. The molecule has 0 saturated carbocycles. The predicted molar refractivity (Wildman–Crippen MR) is 104 cm³/mol. The zero-order chi connectivity index (χ0) is 18.4. The highest BCUT2D eigenvalue weighted by atomic mass is 32.2. The lowest BCUT2D eigenvalue weighted by molar-refractivity contribution is 0.0976. The minimum atomic E-state index is -0.310. The van der Waals surface area contributed by atoms with Crippen LogP contribution in [0.25, 0.3) is 0 Å². The van der Waals surface area contributed by atoms with Crippen LogP contribution in [0, 0.1) is 5.82 Å². The number of nitrogens with one attached hydrogen (secondary N) is 1. The summed E-state index contributed by atoms with van der Waals surface area (Å²) in [6.07, 6.45) is 2.41. The Morgan fingerprint density at radius 1 is 1.19 bits per heavy atom. The van der Waals surface area contributed by atoms with Crippen molar-refractivity contribution in [1.29, 1.82) is 0 Å². The van der Waals surface area contributed by atoms with Gasteiger partial charge in [-0.3, -0.25) is 4.79 Å². The van der Waals surface area contributed by atoms with Crippen LogP contribution in [0.4, 0.5) is 4.39 Å². The molecular weight excluding hydrogens is 349 g/mol. The molecular formula is C21H24FNO2S. The van der Waals surface area contributed by atoms with Crippen LogP contribution < -0.4 is 10.1 Å². The lowest BCUT2D eigenvalue weighted by Gasteiger charge is -2.11. The first-order valence-corrected chi connectivity index (χ1v) is 9.95. The highest BCUT2D eigenvalue weighted by Gasteiger charge is 2.24. The van der Waals surface area contributed by atoms with Crippen LogP contribution in [0.15, 0.2) is 48.5 Å². The molecule has 1 saturated heterocycles. The Morgan fingerprint density at radius 3 is 2.62 bits per heavy atom. The number of carbonyl (C=O) groups is 1. The lowest BCUT2D eigenvalue weighted by Crippen LogP contribution is -2.22. The number of thioether (sulfide) groups is 1. The number of rotatable bonds is 8. The van der Waals surface area contributed by atoms with Crippen LogP contribution in [0.1, 0.15) is 35.2 Å². The second kappa shape index (κ2) is 9.19. The van der Waals surface area contributed by atoms with Crippen LogP contribution in [0.3, 0.4) is 0 Å². The fourth-order valence-corrected chi connectivity index (χ4v) is 4.35. The maximum absolute atomic E-state index is 12.9. The van der Waals surface area contributed by atoms with Crippen LogP contribution in [0.5, 0.6) is 5.75 Å². The zero-order valence-corrected chi connectivity index (χ0v) is 15.7. The molecule has 138 valence electrons. The van der Waals surface area contributed by atoms with Gasteiger partial charge in [-0.15, -0.1) is 0 Å². The Bertz CT molecular complexity index is 718. The number of ketones is 1. The van der Waals surface area contributed by atoms with Gasteiger partial charge in [-0.05, 0) is 54.8 Å². The number of hydrogen-bond donors (Lipinski definition) is 1. The smallest absolute Gasteiger partial charge is 0.162 e. The quantitative estimate of drug-likeness (QED) is 0.693. The van der Waals surface area contributed by atoms with Crippen molar-refractivity contribution in [3.63, 3.8) is 0 Å².